The first-order valence-electron chi connectivity index (χ1n) is 6.08. The summed E-state index contributed by atoms with van der Waals surface area (Å²) in [6.45, 7) is 0.770. The number of ether oxygens (including phenoxy) is 1. The average Bonchev–Trinajstić information content (AvgIpc) is 2.90. The summed E-state index contributed by atoms with van der Waals surface area (Å²) in [5.74, 6) is 1.01. The first kappa shape index (κ1) is 11.2. The van der Waals surface area contributed by atoms with Crippen LogP contribution < -0.4 is 10.1 Å². The minimum atomic E-state index is 0.0426. The molecule has 0 spiro atoms. The van der Waals surface area contributed by atoms with Crippen molar-refractivity contribution < 1.29 is 4.74 Å². The van der Waals surface area contributed by atoms with E-state index < -0.39 is 0 Å². The van der Waals surface area contributed by atoms with Crippen LogP contribution in [0.15, 0.2) is 36.8 Å². The standard InChI is InChI=1S/C14H15N3O/c1-15-13(12-5-7-16-9-17-12)11-4-2-3-10-6-8-18-14(10)11/h2-5,7,9,13,15H,6,8H2,1H3. The van der Waals surface area contributed by atoms with Crippen molar-refractivity contribution in [3.63, 3.8) is 0 Å². The highest BCUT2D eigenvalue weighted by molar-refractivity contribution is 5.47. The van der Waals surface area contributed by atoms with Gasteiger partial charge < -0.3 is 10.1 Å². The molecule has 4 heteroatoms. The molecule has 1 aliphatic heterocycles. The smallest absolute Gasteiger partial charge is 0.127 e. The second kappa shape index (κ2) is 4.74. The second-order valence-electron chi connectivity index (χ2n) is 4.29. The third kappa shape index (κ3) is 1.84. The molecule has 0 bridgehead atoms. The van der Waals surface area contributed by atoms with Crippen molar-refractivity contribution >= 4 is 0 Å². The van der Waals surface area contributed by atoms with E-state index in [1.807, 2.05) is 13.1 Å². The minimum Gasteiger partial charge on any atom is -0.493 e. The van der Waals surface area contributed by atoms with Gasteiger partial charge in [0.05, 0.1) is 18.3 Å². The molecule has 1 unspecified atom stereocenters. The van der Waals surface area contributed by atoms with Crippen LogP contribution in [0, 0.1) is 0 Å². The van der Waals surface area contributed by atoms with E-state index >= 15 is 0 Å². The van der Waals surface area contributed by atoms with Crippen LogP contribution in [-0.4, -0.2) is 23.6 Å². The third-order valence-corrected chi connectivity index (χ3v) is 3.25. The second-order valence-corrected chi connectivity index (χ2v) is 4.29. The van der Waals surface area contributed by atoms with E-state index in [0.717, 1.165) is 30.0 Å². The van der Waals surface area contributed by atoms with Gasteiger partial charge in [-0.15, -0.1) is 0 Å². The Morgan fingerprint density at radius 2 is 2.28 bits per heavy atom. The molecule has 0 saturated carbocycles. The first-order valence-corrected chi connectivity index (χ1v) is 6.08. The Morgan fingerprint density at radius 3 is 3.06 bits per heavy atom. The van der Waals surface area contributed by atoms with Gasteiger partial charge in [0.1, 0.15) is 12.1 Å². The molecule has 0 amide bonds. The van der Waals surface area contributed by atoms with Gasteiger partial charge in [0, 0.05) is 18.2 Å². The lowest BCUT2D eigenvalue weighted by Gasteiger charge is -2.18. The Hall–Kier alpha value is -1.94. The van der Waals surface area contributed by atoms with Crippen LogP contribution in [0.5, 0.6) is 5.75 Å². The molecule has 0 aliphatic carbocycles. The largest absolute Gasteiger partial charge is 0.493 e. The van der Waals surface area contributed by atoms with Gasteiger partial charge in [-0.05, 0) is 18.7 Å². The van der Waals surface area contributed by atoms with Crippen LogP contribution in [0.25, 0.3) is 0 Å². The number of aromatic nitrogens is 2. The predicted octanol–water partition coefficient (Wildman–Crippen LogP) is 1.72. The lowest BCUT2D eigenvalue weighted by molar-refractivity contribution is 0.351. The fraction of sp³-hybridized carbons (Fsp3) is 0.286. The molecule has 2 heterocycles. The molecule has 0 saturated heterocycles. The quantitative estimate of drug-likeness (QED) is 0.888. The number of benzene rings is 1. The maximum atomic E-state index is 5.75. The van der Waals surface area contributed by atoms with Gasteiger partial charge in [-0.25, -0.2) is 9.97 Å². The summed E-state index contributed by atoms with van der Waals surface area (Å²) >= 11 is 0. The lowest BCUT2D eigenvalue weighted by Crippen LogP contribution is -2.19. The van der Waals surface area contributed by atoms with Crippen molar-refractivity contribution in [1.29, 1.82) is 0 Å². The van der Waals surface area contributed by atoms with Crippen molar-refractivity contribution in [3.8, 4) is 5.75 Å². The lowest BCUT2D eigenvalue weighted by atomic mass is 9.99. The minimum absolute atomic E-state index is 0.0426. The van der Waals surface area contributed by atoms with E-state index in [9.17, 15) is 0 Å². The molecule has 3 rings (SSSR count). The van der Waals surface area contributed by atoms with Crippen LogP contribution in [0.2, 0.25) is 0 Å². The Balaban J connectivity index is 2.05. The fourth-order valence-electron chi connectivity index (χ4n) is 2.40. The number of rotatable bonds is 3. The van der Waals surface area contributed by atoms with Crippen molar-refractivity contribution in [2.24, 2.45) is 0 Å². The summed E-state index contributed by atoms with van der Waals surface area (Å²) in [5, 5.41) is 3.29. The molecule has 2 aromatic rings. The van der Waals surface area contributed by atoms with Gasteiger partial charge in [-0.1, -0.05) is 18.2 Å². The van der Waals surface area contributed by atoms with Gasteiger partial charge in [0.25, 0.3) is 0 Å². The molecular weight excluding hydrogens is 226 g/mol. The Morgan fingerprint density at radius 1 is 1.33 bits per heavy atom. The summed E-state index contributed by atoms with van der Waals surface area (Å²) < 4.78 is 5.75. The highest BCUT2D eigenvalue weighted by atomic mass is 16.5. The van der Waals surface area contributed by atoms with Crippen molar-refractivity contribution in [2.75, 3.05) is 13.7 Å². The number of hydrogen-bond donors (Lipinski definition) is 1. The van der Waals surface area contributed by atoms with Crippen LogP contribution in [0.4, 0.5) is 0 Å². The van der Waals surface area contributed by atoms with Crippen molar-refractivity contribution in [3.05, 3.63) is 53.6 Å². The maximum absolute atomic E-state index is 5.75. The zero-order chi connectivity index (χ0) is 12.4. The maximum Gasteiger partial charge on any atom is 0.127 e. The summed E-state index contributed by atoms with van der Waals surface area (Å²) in [6.07, 6.45) is 4.32. The molecule has 0 radical (unpaired) electrons. The normalized spacial score (nSPS) is 14.9. The van der Waals surface area contributed by atoms with E-state index in [4.69, 9.17) is 4.74 Å². The molecule has 1 N–H and O–H groups in total. The van der Waals surface area contributed by atoms with Crippen LogP contribution in [-0.2, 0) is 6.42 Å². The predicted molar refractivity (Wildman–Crippen MR) is 68.6 cm³/mol. The van der Waals surface area contributed by atoms with E-state index in [1.54, 1.807) is 12.5 Å². The van der Waals surface area contributed by atoms with E-state index in [1.165, 1.54) is 5.56 Å². The molecule has 1 aromatic carbocycles. The first-order chi connectivity index (χ1) is 8.90. The Bertz CT molecular complexity index is 542. The topological polar surface area (TPSA) is 47.0 Å². The Labute approximate surface area is 106 Å². The zero-order valence-corrected chi connectivity index (χ0v) is 10.3. The van der Waals surface area contributed by atoms with Crippen LogP contribution >= 0.6 is 0 Å². The number of hydrogen-bond acceptors (Lipinski definition) is 4. The van der Waals surface area contributed by atoms with E-state index in [2.05, 4.69) is 33.5 Å². The third-order valence-electron chi connectivity index (χ3n) is 3.25. The summed E-state index contributed by atoms with van der Waals surface area (Å²) in [5.41, 5.74) is 3.38. The summed E-state index contributed by atoms with van der Waals surface area (Å²) in [6, 6.07) is 8.26. The van der Waals surface area contributed by atoms with E-state index in [-0.39, 0.29) is 6.04 Å². The number of para-hydroxylation sites is 1. The highest BCUT2D eigenvalue weighted by Gasteiger charge is 2.22. The molecule has 1 aromatic heterocycles. The van der Waals surface area contributed by atoms with E-state index in [0.29, 0.717) is 0 Å². The van der Waals surface area contributed by atoms with Gasteiger partial charge in [0.15, 0.2) is 0 Å². The number of nitrogens with one attached hydrogen (secondary N) is 1. The summed E-state index contributed by atoms with van der Waals surface area (Å²) in [4.78, 5) is 8.28. The molecule has 0 fully saturated rings. The Kier molecular flexibility index (Phi) is 2.94. The monoisotopic (exact) mass is 241 g/mol. The molecule has 1 atom stereocenters. The summed E-state index contributed by atoms with van der Waals surface area (Å²) in [7, 11) is 1.93. The SMILES string of the molecule is CNC(c1ccncn1)c1cccc2c1OCC2. The van der Waals surface area contributed by atoms with Crippen molar-refractivity contribution in [2.45, 2.75) is 12.5 Å². The van der Waals surface area contributed by atoms with Gasteiger partial charge in [0.2, 0.25) is 0 Å². The highest BCUT2D eigenvalue weighted by Crippen LogP contribution is 2.35. The van der Waals surface area contributed by atoms with Crippen molar-refractivity contribution in [1.82, 2.24) is 15.3 Å². The van der Waals surface area contributed by atoms with Gasteiger partial charge in [-0.2, -0.15) is 0 Å². The zero-order valence-electron chi connectivity index (χ0n) is 10.3. The molecule has 1 aliphatic rings. The van der Waals surface area contributed by atoms with Gasteiger partial charge in [-0.3, -0.25) is 0 Å². The molecule has 4 nitrogen and oxygen atoms in total. The average molecular weight is 241 g/mol. The van der Waals surface area contributed by atoms with Crippen LogP contribution in [0.1, 0.15) is 22.9 Å². The molecular formula is C14H15N3O. The van der Waals surface area contributed by atoms with Gasteiger partial charge >= 0.3 is 0 Å². The molecule has 18 heavy (non-hydrogen) atoms. The fourth-order valence-corrected chi connectivity index (χ4v) is 2.40. The number of fused-ring (bicyclic) bond motifs is 1. The molecule has 92 valence electrons. The number of nitrogens with zero attached hydrogens (tertiary/aromatic N) is 2. The van der Waals surface area contributed by atoms with Crippen LogP contribution in [0.3, 0.4) is 0 Å².